The highest BCUT2D eigenvalue weighted by molar-refractivity contribution is 7.92. The van der Waals surface area contributed by atoms with Gasteiger partial charge in [-0.1, -0.05) is 12.1 Å². The number of aromatic nitrogens is 2. The molecule has 0 atom stereocenters. The zero-order valence-corrected chi connectivity index (χ0v) is 17.1. The van der Waals surface area contributed by atoms with Crippen LogP contribution in [0.4, 0.5) is 0 Å². The minimum Gasteiger partial charge on any atom is -0.342 e. The molecule has 1 saturated heterocycles. The van der Waals surface area contributed by atoms with Gasteiger partial charge >= 0.3 is 0 Å². The van der Waals surface area contributed by atoms with Crippen molar-refractivity contribution < 1.29 is 13.2 Å². The van der Waals surface area contributed by atoms with Crippen LogP contribution in [0.5, 0.6) is 0 Å². The molecule has 142 valence electrons. The van der Waals surface area contributed by atoms with Crippen LogP contribution < -0.4 is 0 Å². The van der Waals surface area contributed by atoms with Crippen molar-refractivity contribution >= 4 is 38.5 Å². The number of carbonyl (C=O) groups is 1. The molecule has 0 N–H and O–H groups in total. The molecule has 2 heterocycles. The molecule has 0 bridgehead atoms. The Hall–Kier alpha value is -1.54. The topological polar surface area (TPSA) is 80.2 Å². The predicted molar refractivity (Wildman–Crippen MR) is 104 cm³/mol. The first kappa shape index (κ1) is 19.2. The minimum atomic E-state index is -3.12. The van der Waals surface area contributed by atoms with E-state index in [1.54, 1.807) is 20.8 Å². The summed E-state index contributed by atoms with van der Waals surface area (Å²) in [7, 11) is -3.12. The fourth-order valence-electron chi connectivity index (χ4n) is 3.19. The molecule has 8 heteroatoms. The quantitative estimate of drug-likeness (QED) is 0.795. The first-order chi connectivity index (χ1) is 12.2. The van der Waals surface area contributed by atoms with Crippen LogP contribution in [0.25, 0.3) is 11.0 Å². The third-order valence-corrected chi connectivity index (χ3v) is 8.39. The Balaban J connectivity index is 1.58. The number of hydrogen-bond acceptors (Lipinski definition) is 6. The van der Waals surface area contributed by atoms with Gasteiger partial charge in [-0.15, -0.1) is 0 Å². The molecule has 1 aromatic carbocycles. The van der Waals surface area contributed by atoms with E-state index in [1.165, 1.54) is 0 Å². The monoisotopic (exact) mass is 395 g/mol. The summed E-state index contributed by atoms with van der Waals surface area (Å²) in [6.45, 7) is 6.47. The molecule has 6 nitrogen and oxygen atoms in total. The number of fused-ring (bicyclic) bond motifs is 1. The average Bonchev–Trinajstić information content (AvgIpc) is 3.04. The average molecular weight is 396 g/mol. The lowest BCUT2D eigenvalue weighted by molar-refractivity contribution is -0.131. The van der Waals surface area contributed by atoms with Gasteiger partial charge in [-0.2, -0.15) is 8.75 Å². The number of amides is 1. The number of likely N-dealkylation sites (tertiary alicyclic amines) is 1. The zero-order valence-electron chi connectivity index (χ0n) is 15.4. The van der Waals surface area contributed by atoms with Crippen LogP contribution in [-0.4, -0.2) is 51.6 Å². The molecule has 26 heavy (non-hydrogen) atoms. The van der Waals surface area contributed by atoms with Gasteiger partial charge in [0.1, 0.15) is 11.0 Å². The third kappa shape index (κ3) is 4.06. The van der Waals surface area contributed by atoms with E-state index < -0.39 is 14.6 Å². The van der Waals surface area contributed by atoms with Gasteiger partial charge in [-0.25, -0.2) is 8.42 Å². The Labute approximate surface area is 158 Å². The van der Waals surface area contributed by atoms with Crippen LogP contribution in [0.3, 0.4) is 0 Å². The highest BCUT2D eigenvalue weighted by Crippen LogP contribution is 2.25. The largest absolute Gasteiger partial charge is 0.342 e. The standard InChI is InChI=1S/C18H25N3O3S2/c1-18(2,3)26(23,24)12-13-7-9-21(10-8-13)16(22)11-14-5-4-6-15-17(14)20-25-19-15/h4-6,13H,7-12H2,1-3H3. The van der Waals surface area contributed by atoms with E-state index in [-0.39, 0.29) is 17.6 Å². The first-order valence-corrected chi connectivity index (χ1v) is 11.3. The molecule has 1 aliphatic rings. The van der Waals surface area contributed by atoms with E-state index >= 15 is 0 Å². The molecule has 1 aliphatic heterocycles. The Kier molecular flexibility index (Phi) is 5.35. The summed E-state index contributed by atoms with van der Waals surface area (Å²) in [5, 5.41) is 0. The Morgan fingerprint density at radius 2 is 1.92 bits per heavy atom. The van der Waals surface area contributed by atoms with Crippen molar-refractivity contribution in [3.63, 3.8) is 0 Å². The van der Waals surface area contributed by atoms with Crippen LogP contribution in [0.1, 0.15) is 39.2 Å². The SMILES string of the molecule is CC(C)(C)S(=O)(=O)CC1CCN(C(=O)Cc2cccc3nsnc23)CC1. The maximum atomic E-state index is 12.6. The Bertz CT molecular complexity index is 892. The second-order valence-electron chi connectivity index (χ2n) is 7.94. The normalized spacial score (nSPS) is 17.0. The maximum absolute atomic E-state index is 12.6. The van der Waals surface area contributed by atoms with E-state index in [0.717, 1.165) is 41.2 Å². The van der Waals surface area contributed by atoms with Crippen molar-refractivity contribution in [2.75, 3.05) is 18.8 Å². The molecular formula is C18H25N3O3S2. The Morgan fingerprint density at radius 3 is 2.58 bits per heavy atom. The highest BCUT2D eigenvalue weighted by atomic mass is 32.2. The second kappa shape index (κ2) is 7.23. The van der Waals surface area contributed by atoms with Crippen LogP contribution in [-0.2, 0) is 21.1 Å². The lowest BCUT2D eigenvalue weighted by Gasteiger charge is -2.33. The Morgan fingerprint density at radius 1 is 1.23 bits per heavy atom. The summed E-state index contributed by atoms with van der Waals surface area (Å²) in [4.78, 5) is 14.5. The van der Waals surface area contributed by atoms with Crippen molar-refractivity contribution in [1.82, 2.24) is 13.6 Å². The molecule has 0 unspecified atom stereocenters. The van der Waals surface area contributed by atoms with Gasteiger partial charge < -0.3 is 4.90 Å². The van der Waals surface area contributed by atoms with Crippen LogP contribution >= 0.6 is 11.7 Å². The maximum Gasteiger partial charge on any atom is 0.227 e. The number of carbonyl (C=O) groups excluding carboxylic acids is 1. The van der Waals surface area contributed by atoms with Gasteiger partial charge in [0, 0.05) is 13.1 Å². The van der Waals surface area contributed by atoms with Crippen molar-refractivity contribution in [2.45, 2.75) is 44.8 Å². The molecule has 1 aromatic heterocycles. The van der Waals surface area contributed by atoms with E-state index in [1.807, 2.05) is 23.1 Å². The molecule has 1 fully saturated rings. The van der Waals surface area contributed by atoms with E-state index in [9.17, 15) is 13.2 Å². The summed E-state index contributed by atoms with van der Waals surface area (Å²) in [6, 6.07) is 5.72. The van der Waals surface area contributed by atoms with Crippen molar-refractivity contribution in [3.8, 4) is 0 Å². The van der Waals surface area contributed by atoms with Crippen LogP contribution in [0.15, 0.2) is 18.2 Å². The first-order valence-electron chi connectivity index (χ1n) is 8.87. The number of hydrogen-bond donors (Lipinski definition) is 0. The molecule has 0 radical (unpaired) electrons. The second-order valence-corrected chi connectivity index (χ2v) is 11.3. The molecule has 2 aromatic rings. The van der Waals surface area contributed by atoms with Gasteiger partial charge in [0.15, 0.2) is 9.84 Å². The van der Waals surface area contributed by atoms with Crippen molar-refractivity contribution in [1.29, 1.82) is 0 Å². The van der Waals surface area contributed by atoms with Gasteiger partial charge in [0.25, 0.3) is 0 Å². The number of rotatable bonds is 4. The minimum absolute atomic E-state index is 0.0719. The lowest BCUT2D eigenvalue weighted by Crippen LogP contribution is -2.42. The molecule has 1 amide bonds. The van der Waals surface area contributed by atoms with E-state index in [2.05, 4.69) is 8.75 Å². The number of benzene rings is 1. The lowest BCUT2D eigenvalue weighted by atomic mass is 9.98. The summed E-state index contributed by atoms with van der Waals surface area (Å²) < 4.78 is 32.5. The zero-order chi connectivity index (χ0) is 18.9. The third-order valence-electron chi connectivity index (χ3n) is 5.07. The summed E-state index contributed by atoms with van der Waals surface area (Å²) in [6.07, 6.45) is 1.79. The fourth-order valence-corrected chi connectivity index (χ4v) is 5.21. The van der Waals surface area contributed by atoms with Crippen LogP contribution in [0, 0.1) is 5.92 Å². The molecule has 0 spiro atoms. The fraction of sp³-hybridized carbons (Fsp3) is 0.611. The number of sulfone groups is 1. The summed E-state index contributed by atoms with van der Waals surface area (Å²) >= 11 is 1.16. The smallest absolute Gasteiger partial charge is 0.227 e. The molecular weight excluding hydrogens is 370 g/mol. The van der Waals surface area contributed by atoms with Gasteiger partial charge in [0.2, 0.25) is 5.91 Å². The molecule has 3 rings (SSSR count). The molecule has 0 saturated carbocycles. The number of piperidine rings is 1. The number of nitrogens with zero attached hydrogens (tertiary/aromatic N) is 3. The van der Waals surface area contributed by atoms with Gasteiger partial charge in [-0.3, -0.25) is 4.79 Å². The van der Waals surface area contributed by atoms with Crippen LogP contribution in [0.2, 0.25) is 0 Å². The van der Waals surface area contributed by atoms with E-state index in [0.29, 0.717) is 19.5 Å². The highest BCUT2D eigenvalue weighted by Gasteiger charge is 2.33. The van der Waals surface area contributed by atoms with Crippen molar-refractivity contribution in [2.24, 2.45) is 5.92 Å². The molecule has 0 aliphatic carbocycles. The van der Waals surface area contributed by atoms with Crippen molar-refractivity contribution in [3.05, 3.63) is 23.8 Å². The summed E-state index contributed by atoms with van der Waals surface area (Å²) in [5.41, 5.74) is 2.53. The summed E-state index contributed by atoms with van der Waals surface area (Å²) in [5.74, 6) is 0.416. The van der Waals surface area contributed by atoms with Gasteiger partial charge in [-0.05, 0) is 51.2 Å². The van der Waals surface area contributed by atoms with Gasteiger partial charge in [0.05, 0.1) is 28.6 Å². The predicted octanol–water partition coefficient (Wildman–Crippen LogP) is 2.69. The van der Waals surface area contributed by atoms with E-state index in [4.69, 9.17) is 0 Å².